The van der Waals surface area contributed by atoms with Gasteiger partial charge in [-0.3, -0.25) is 9.59 Å². The van der Waals surface area contributed by atoms with Crippen molar-refractivity contribution in [3.63, 3.8) is 0 Å². The van der Waals surface area contributed by atoms with Crippen LogP contribution in [0.15, 0.2) is 47.4 Å². The summed E-state index contributed by atoms with van der Waals surface area (Å²) in [5.41, 5.74) is 5.89. The molecule has 0 bridgehead atoms. The molecule has 0 unspecified atom stereocenters. The minimum Gasteiger partial charge on any atom is -0.366 e. The Kier molecular flexibility index (Phi) is 4.69. The lowest BCUT2D eigenvalue weighted by molar-refractivity contribution is 0.0998. The van der Waals surface area contributed by atoms with Crippen molar-refractivity contribution in [2.45, 2.75) is 4.90 Å². The van der Waals surface area contributed by atoms with E-state index < -0.39 is 21.8 Å². The summed E-state index contributed by atoms with van der Waals surface area (Å²) in [6.07, 6.45) is 0. The number of hydrogen-bond donors (Lipinski definition) is 3. The summed E-state index contributed by atoms with van der Waals surface area (Å²) in [5, 5.41) is 7.51. The van der Waals surface area contributed by atoms with Crippen LogP contribution in [0.1, 0.15) is 20.7 Å². The molecule has 7 nitrogen and oxygen atoms in total. The van der Waals surface area contributed by atoms with Gasteiger partial charge in [-0.1, -0.05) is 11.6 Å². The van der Waals surface area contributed by atoms with E-state index in [1.54, 1.807) is 0 Å². The minimum atomic E-state index is -4.04. The third-order valence-electron chi connectivity index (χ3n) is 2.93. The molecule has 0 radical (unpaired) electrons. The van der Waals surface area contributed by atoms with Gasteiger partial charge in [0.1, 0.15) is 4.90 Å². The molecular weight excluding hydrogens is 342 g/mol. The standard InChI is InChI=1S/C14H12ClN3O4S/c15-11-6-3-9(7-12(11)23(17,21)22)14(20)18-10-4-1-8(2-5-10)13(16)19/h1-7H,(H2,16,19)(H,18,20)(H2,17,21,22). The largest absolute Gasteiger partial charge is 0.366 e. The van der Waals surface area contributed by atoms with Crippen LogP contribution < -0.4 is 16.2 Å². The van der Waals surface area contributed by atoms with Crippen molar-refractivity contribution in [1.29, 1.82) is 0 Å². The van der Waals surface area contributed by atoms with Crippen LogP contribution in [-0.4, -0.2) is 20.2 Å². The smallest absolute Gasteiger partial charge is 0.255 e. The lowest BCUT2D eigenvalue weighted by atomic mass is 10.1. The van der Waals surface area contributed by atoms with E-state index in [0.717, 1.165) is 6.07 Å². The first kappa shape index (κ1) is 16.9. The van der Waals surface area contributed by atoms with Crippen molar-refractivity contribution in [2.24, 2.45) is 10.9 Å². The molecule has 120 valence electrons. The number of carbonyl (C=O) groups is 2. The van der Waals surface area contributed by atoms with Crippen LogP contribution in [0.5, 0.6) is 0 Å². The molecule has 0 aromatic heterocycles. The molecule has 2 rings (SSSR count). The van der Waals surface area contributed by atoms with E-state index in [-0.39, 0.29) is 15.5 Å². The summed E-state index contributed by atoms with van der Waals surface area (Å²) in [6.45, 7) is 0. The van der Waals surface area contributed by atoms with Crippen LogP contribution in [-0.2, 0) is 10.0 Å². The van der Waals surface area contributed by atoms with Gasteiger partial charge in [-0.25, -0.2) is 13.6 Å². The average molecular weight is 354 g/mol. The SMILES string of the molecule is NC(=O)c1ccc(NC(=O)c2ccc(Cl)c(S(N)(=O)=O)c2)cc1. The molecule has 0 aliphatic rings. The molecule has 2 aromatic rings. The molecule has 0 spiro atoms. The molecule has 23 heavy (non-hydrogen) atoms. The number of amides is 2. The average Bonchev–Trinajstić information content (AvgIpc) is 2.47. The van der Waals surface area contributed by atoms with Crippen molar-refractivity contribution in [3.8, 4) is 0 Å². The highest BCUT2D eigenvalue weighted by Crippen LogP contribution is 2.22. The lowest BCUT2D eigenvalue weighted by Gasteiger charge is -2.08. The summed E-state index contributed by atoms with van der Waals surface area (Å²) in [5.74, 6) is -1.14. The van der Waals surface area contributed by atoms with Crippen molar-refractivity contribution in [3.05, 3.63) is 58.6 Å². The monoisotopic (exact) mass is 353 g/mol. The van der Waals surface area contributed by atoms with E-state index in [0.29, 0.717) is 11.3 Å². The quantitative estimate of drug-likeness (QED) is 0.764. The molecule has 5 N–H and O–H groups in total. The second kappa shape index (κ2) is 6.37. The fourth-order valence-electron chi connectivity index (χ4n) is 1.78. The first-order chi connectivity index (χ1) is 10.7. The maximum Gasteiger partial charge on any atom is 0.255 e. The highest BCUT2D eigenvalue weighted by atomic mass is 35.5. The van der Waals surface area contributed by atoms with Gasteiger partial charge in [0, 0.05) is 16.8 Å². The number of halogens is 1. The second-order valence-corrected chi connectivity index (χ2v) is 6.52. The Bertz CT molecular complexity index is 879. The van der Waals surface area contributed by atoms with Crippen LogP contribution >= 0.6 is 11.6 Å². The number of primary sulfonamides is 1. The third kappa shape index (κ3) is 4.07. The highest BCUT2D eigenvalue weighted by molar-refractivity contribution is 7.89. The Morgan fingerprint density at radius 2 is 1.57 bits per heavy atom. The van der Waals surface area contributed by atoms with Crippen LogP contribution in [0.3, 0.4) is 0 Å². The molecule has 2 amide bonds. The second-order valence-electron chi connectivity index (χ2n) is 4.59. The van der Waals surface area contributed by atoms with E-state index in [1.165, 1.54) is 36.4 Å². The molecular formula is C14H12ClN3O4S. The fourth-order valence-corrected chi connectivity index (χ4v) is 2.85. The zero-order valence-corrected chi connectivity index (χ0v) is 13.2. The van der Waals surface area contributed by atoms with Crippen molar-refractivity contribution in [1.82, 2.24) is 0 Å². The summed E-state index contributed by atoms with van der Waals surface area (Å²) in [4.78, 5) is 22.8. The number of nitrogens with two attached hydrogens (primary N) is 2. The first-order valence-electron chi connectivity index (χ1n) is 6.22. The van der Waals surface area contributed by atoms with E-state index in [9.17, 15) is 18.0 Å². The molecule has 2 aromatic carbocycles. The maximum atomic E-state index is 12.1. The minimum absolute atomic E-state index is 0.0670. The molecule has 0 aliphatic carbocycles. The predicted octanol–water partition coefficient (Wildman–Crippen LogP) is 1.34. The highest BCUT2D eigenvalue weighted by Gasteiger charge is 2.16. The molecule has 0 aliphatic heterocycles. The van der Waals surface area contributed by atoms with Crippen molar-refractivity contribution >= 4 is 39.1 Å². The summed E-state index contributed by atoms with van der Waals surface area (Å²) in [7, 11) is -4.04. The zero-order chi connectivity index (χ0) is 17.2. The van der Waals surface area contributed by atoms with Crippen LogP contribution in [0, 0.1) is 0 Å². The van der Waals surface area contributed by atoms with Gasteiger partial charge in [-0.15, -0.1) is 0 Å². The summed E-state index contributed by atoms with van der Waals surface area (Å²) >= 11 is 5.76. The van der Waals surface area contributed by atoms with Crippen LogP contribution in [0.4, 0.5) is 5.69 Å². The van der Waals surface area contributed by atoms with Gasteiger partial charge < -0.3 is 11.1 Å². The number of rotatable bonds is 4. The van der Waals surface area contributed by atoms with Gasteiger partial charge in [0.25, 0.3) is 5.91 Å². The Morgan fingerprint density at radius 3 is 2.09 bits per heavy atom. The molecule has 0 saturated heterocycles. The number of carbonyl (C=O) groups excluding carboxylic acids is 2. The number of hydrogen-bond acceptors (Lipinski definition) is 4. The van der Waals surface area contributed by atoms with Crippen molar-refractivity contribution < 1.29 is 18.0 Å². The van der Waals surface area contributed by atoms with E-state index in [1.807, 2.05) is 0 Å². The Hall–Kier alpha value is -2.42. The Labute approximate surface area is 137 Å². The fraction of sp³-hybridized carbons (Fsp3) is 0. The summed E-state index contributed by atoms with van der Waals surface area (Å²) < 4.78 is 22.8. The lowest BCUT2D eigenvalue weighted by Crippen LogP contribution is -2.16. The van der Waals surface area contributed by atoms with Gasteiger partial charge in [-0.05, 0) is 42.5 Å². The molecule has 9 heteroatoms. The molecule has 0 heterocycles. The van der Waals surface area contributed by atoms with Crippen LogP contribution in [0.2, 0.25) is 5.02 Å². The number of nitrogens with one attached hydrogen (secondary N) is 1. The zero-order valence-electron chi connectivity index (χ0n) is 11.6. The van der Waals surface area contributed by atoms with E-state index >= 15 is 0 Å². The predicted molar refractivity (Wildman–Crippen MR) is 85.7 cm³/mol. The van der Waals surface area contributed by atoms with E-state index in [2.05, 4.69) is 5.32 Å². The molecule has 0 atom stereocenters. The third-order valence-corrected chi connectivity index (χ3v) is 4.32. The van der Waals surface area contributed by atoms with Crippen LogP contribution in [0.25, 0.3) is 0 Å². The van der Waals surface area contributed by atoms with Gasteiger partial charge >= 0.3 is 0 Å². The van der Waals surface area contributed by atoms with Gasteiger partial charge in [-0.2, -0.15) is 0 Å². The summed E-state index contributed by atoms with van der Waals surface area (Å²) in [6, 6.07) is 9.62. The Balaban J connectivity index is 2.26. The molecule has 0 saturated carbocycles. The van der Waals surface area contributed by atoms with Gasteiger partial charge in [0.15, 0.2) is 0 Å². The Morgan fingerprint density at radius 1 is 1.00 bits per heavy atom. The van der Waals surface area contributed by atoms with Gasteiger partial charge in [0.05, 0.1) is 5.02 Å². The topological polar surface area (TPSA) is 132 Å². The number of sulfonamides is 1. The van der Waals surface area contributed by atoms with E-state index in [4.69, 9.17) is 22.5 Å². The number of benzene rings is 2. The normalized spacial score (nSPS) is 11.0. The molecule has 0 fully saturated rings. The number of primary amides is 1. The maximum absolute atomic E-state index is 12.1. The van der Waals surface area contributed by atoms with Gasteiger partial charge in [0.2, 0.25) is 15.9 Å². The first-order valence-corrected chi connectivity index (χ1v) is 8.14. The van der Waals surface area contributed by atoms with Crippen molar-refractivity contribution in [2.75, 3.05) is 5.32 Å². The number of anilines is 1.